The molecule has 0 fully saturated rings. The van der Waals surface area contributed by atoms with E-state index in [2.05, 4.69) is 29.6 Å². The number of aldehydes is 1. The van der Waals surface area contributed by atoms with Crippen molar-refractivity contribution in [1.82, 2.24) is 5.32 Å². The third-order valence-electron chi connectivity index (χ3n) is 4.06. The van der Waals surface area contributed by atoms with Crippen molar-refractivity contribution in [2.24, 2.45) is 0 Å². The minimum atomic E-state index is -2.25. The number of halogens is 1. The van der Waals surface area contributed by atoms with Crippen molar-refractivity contribution >= 4 is 23.9 Å². The number of hydrogen-bond acceptors (Lipinski definition) is 7. The lowest BCUT2D eigenvalue weighted by molar-refractivity contribution is -0.163. The zero-order valence-corrected chi connectivity index (χ0v) is 14.8. The first-order chi connectivity index (χ1) is 12.3. The molecule has 0 amide bonds. The molecule has 0 unspecified atom stereocenters. The van der Waals surface area contributed by atoms with E-state index in [-0.39, 0.29) is 6.29 Å². The van der Waals surface area contributed by atoms with E-state index in [1.54, 1.807) is 0 Å². The Morgan fingerprint density at radius 1 is 1.23 bits per heavy atom. The van der Waals surface area contributed by atoms with Gasteiger partial charge in [-0.25, -0.2) is 4.79 Å². The van der Waals surface area contributed by atoms with Crippen LogP contribution in [0.4, 0.5) is 0 Å². The number of benzene rings is 1. The van der Waals surface area contributed by atoms with Crippen LogP contribution in [0.2, 0.25) is 0 Å². The summed E-state index contributed by atoms with van der Waals surface area (Å²) < 4.78 is 0. The molecule has 0 bridgehead atoms. The van der Waals surface area contributed by atoms with Gasteiger partial charge in [-0.15, -0.1) is 11.6 Å². The Morgan fingerprint density at radius 3 is 2.46 bits per heavy atom. The van der Waals surface area contributed by atoms with Gasteiger partial charge in [0.2, 0.25) is 0 Å². The number of aliphatic hydroxyl groups excluding tert-OH is 4. The minimum Gasteiger partial charge on any atom is -0.479 e. The predicted octanol–water partition coefficient (Wildman–Crippen LogP) is -1.13. The highest BCUT2D eigenvalue weighted by Gasteiger charge is 2.34. The number of carboxylic acid groups (broad SMARTS) is 1. The van der Waals surface area contributed by atoms with Crippen molar-refractivity contribution in [3.05, 3.63) is 35.4 Å². The fourth-order valence-corrected chi connectivity index (χ4v) is 2.80. The standard InChI is InChI=1S/C11H14ClN.C6H10O7/c12-7-10-8-13-6-5-9-3-1-2-4-11(9)10;7-1-2(8)3(9)4(10)5(11)6(12)13/h1-4,10,13H,5-8H2;1-5,8-11H,(H,12,13)/t10-;2-,3+,4-,5-/m10/s1. The summed E-state index contributed by atoms with van der Waals surface area (Å²) in [6.45, 7) is 2.09. The highest BCUT2D eigenvalue weighted by Crippen LogP contribution is 2.23. The molecule has 1 aromatic carbocycles. The molecule has 5 atom stereocenters. The van der Waals surface area contributed by atoms with E-state index >= 15 is 0 Å². The lowest BCUT2D eigenvalue weighted by Gasteiger charge is -2.21. The third kappa shape index (κ3) is 6.31. The highest BCUT2D eigenvalue weighted by molar-refractivity contribution is 6.18. The Hall–Kier alpha value is -1.55. The van der Waals surface area contributed by atoms with Crippen molar-refractivity contribution in [3.8, 4) is 0 Å². The zero-order valence-electron chi connectivity index (χ0n) is 14.0. The molecule has 0 saturated carbocycles. The van der Waals surface area contributed by atoms with E-state index < -0.39 is 30.4 Å². The molecule has 2 rings (SSSR count). The predicted molar refractivity (Wildman–Crippen MR) is 94.2 cm³/mol. The second kappa shape index (κ2) is 11.2. The van der Waals surface area contributed by atoms with Crippen LogP contribution < -0.4 is 5.32 Å². The van der Waals surface area contributed by atoms with E-state index in [0.717, 1.165) is 19.5 Å². The molecule has 9 heteroatoms. The van der Waals surface area contributed by atoms with Gasteiger partial charge in [-0.1, -0.05) is 24.3 Å². The minimum absolute atomic E-state index is 0.0809. The summed E-state index contributed by atoms with van der Waals surface area (Å²) in [5, 5.41) is 46.6. The number of carbonyl (C=O) groups excluding carboxylic acids is 1. The van der Waals surface area contributed by atoms with Gasteiger partial charge in [0.1, 0.15) is 18.3 Å². The van der Waals surface area contributed by atoms with E-state index in [4.69, 9.17) is 37.1 Å². The Balaban J connectivity index is 0.000000260. The number of aliphatic hydroxyl groups is 4. The average Bonchev–Trinajstić information content (AvgIpc) is 2.87. The average molecular weight is 390 g/mol. The van der Waals surface area contributed by atoms with Gasteiger partial charge >= 0.3 is 5.97 Å². The molecule has 26 heavy (non-hydrogen) atoms. The lowest BCUT2D eigenvalue weighted by atomic mass is 9.95. The van der Waals surface area contributed by atoms with Crippen molar-refractivity contribution in [2.75, 3.05) is 19.0 Å². The maximum atomic E-state index is 10.1. The summed E-state index contributed by atoms with van der Waals surface area (Å²) in [6.07, 6.45) is -7.26. The number of fused-ring (bicyclic) bond motifs is 1. The van der Waals surface area contributed by atoms with Gasteiger partial charge in [-0.2, -0.15) is 0 Å². The fourth-order valence-electron chi connectivity index (χ4n) is 2.52. The molecule has 0 aromatic heterocycles. The Bertz CT molecular complexity index is 586. The fraction of sp³-hybridized carbons (Fsp3) is 0.529. The van der Waals surface area contributed by atoms with Crippen molar-refractivity contribution in [3.63, 3.8) is 0 Å². The van der Waals surface area contributed by atoms with Gasteiger partial charge in [0.05, 0.1) is 0 Å². The SMILES string of the molecule is ClC[C@@H]1CNCCc2ccccc21.O=C[C@H](O)[C@@H](O)[C@H](O)[C@H](O)C(=O)O. The summed E-state index contributed by atoms with van der Waals surface area (Å²) in [5.41, 5.74) is 2.89. The van der Waals surface area contributed by atoms with Gasteiger partial charge in [0.25, 0.3) is 0 Å². The normalized spacial score (nSPS) is 21.0. The quantitative estimate of drug-likeness (QED) is 0.264. The molecule has 1 aliphatic rings. The summed E-state index contributed by atoms with van der Waals surface area (Å²) in [7, 11) is 0. The Morgan fingerprint density at radius 2 is 1.88 bits per heavy atom. The van der Waals surface area contributed by atoms with Crippen molar-refractivity contribution < 1.29 is 35.1 Å². The number of nitrogens with one attached hydrogen (secondary N) is 1. The number of carbonyl (C=O) groups is 2. The van der Waals surface area contributed by atoms with E-state index in [1.165, 1.54) is 11.1 Å². The lowest BCUT2D eigenvalue weighted by Crippen LogP contribution is -2.48. The molecule has 6 N–H and O–H groups in total. The van der Waals surface area contributed by atoms with Crippen LogP contribution in [0.1, 0.15) is 17.0 Å². The molecule has 1 heterocycles. The van der Waals surface area contributed by atoms with Gasteiger partial charge < -0.3 is 35.6 Å². The topological polar surface area (TPSA) is 147 Å². The first kappa shape index (κ1) is 22.5. The summed E-state index contributed by atoms with van der Waals surface area (Å²) in [4.78, 5) is 20.0. The zero-order chi connectivity index (χ0) is 19.7. The molecule has 0 radical (unpaired) electrons. The van der Waals surface area contributed by atoms with E-state index in [9.17, 15) is 9.59 Å². The highest BCUT2D eigenvalue weighted by atomic mass is 35.5. The van der Waals surface area contributed by atoms with E-state index in [1.807, 2.05) is 0 Å². The number of hydrogen-bond donors (Lipinski definition) is 6. The van der Waals surface area contributed by atoms with E-state index in [0.29, 0.717) is 11.8 Å². The van der Waals surface area contributed by atoms with Crippen LogP contribution in [0.15, 0.2) is 24.3 Å². The van der Waals surface area contributed by atoms with Gasteiger partial charge in [-0.3, -0.25) is 0 Å². The molecule has 0 spiro atoms. The van der Waals surface area contributed by atoms with Gasteiger partial charge in [-0.05, 0) is 24.1 Å². The third-order valence-corrected chi connectivity index (χ3v) is 4.43. The summed E-state index contributed by atoms with van der Waals surface area (Å²) in [5.74, 6) is -0.561. The van der Waals surface area contributed by atoms with Crippen LogP contribution in [-0.4, -0.2) is 81.2 Å². The first-order valence-electron chi connectivity index (χ1n) is 8.08. The smallest absolute Gasteiger partial charge is 0.335 e. The first-order valence-corrected chi connectivity index (χ1v) is 8.61. The van der Waals surface area contributed by atoms with Gasteiger partial charge in [0, 0.05) is 18.3 Å². The maximum Gasteiger partial charge on any atom is 0.335 e. The van der Waals surface area contributed by atoms with Crippen molar-refractivity contribution in [1.29, 1.82) is 0 Å². The van der Waals surface area contributed by atoms with Crippen LogP contribution in [0.3, 0.4) is 0 Å². The van der Waals surface area contributed by atoms with Crippen LogP contribution in [0.5, 0.6) is 0 Å². The number of carboxylic acids is 1. The second-order valence-electron chi connectivity index (χ2n) is 5.90. The molecule has 8 nitrogen and oxygen atoms in total. The molecular formula is C17H24ClNO7. The Labute approximate surface area is 156 Å². The molecule has 146 valence electrons. The molecule has 1 aromatic rings. The summed E-state index contributed by atoms with van der Waals surface area (Å²) in [6, 6.07) is 8.62. The van der Waals surface area contributed by atoms with Crippen LogP contribution >= 0.6 is 11.6 Å². The summed E-state index contributed by atoms with van der Waals surface area (Å²) >= 11 is 5.94. The monoisotopic (exact) mass is 389 g/mol. The van der Waals surface area contributed by atoms with Crippen molar-refractivity contribution in [2.45, 2.75) is 36.8 Å². The number of aliphatic carboxylic acids is 1. The van der Waals surface area contributed by atoms with Gasteiger partial charge in [0.15, 0.2) is 12.4 Å². The number of alkyl halides is 1. The number of rotatable bonds is 6. The Kier molecular flexibility index (Phi) is 9.71. The molecule has 1 aliphatic heterocycles. The van der Waals surface area contributed by atoms with Crippen LogP contribution in [0.25, 0.3) is 0 Å². The molecule has 0 aliphatic carbocycles. The largest absolute Gasteiger partial charge is 0.479 e. The molecular weight excluding hydrogens is 366 g/mol. The second-order valence-corrected chi connectivity index (χ2v) is 6.20. The van der Waals surface area contributed by atoms with Crippen LogP contribution in [0, 0.1) is 0 Å². The maximum absolute atomic E-state index is 10.1. The van der Waals surface area contributed by atoms with Crippen LogP contribution in [-0.2, 0) is 16.0 Å². The molecule has 0 saturated heterocycles.